The molecule has 2 unspecified atom stereocenters. The maximum Gasteiger partial charge on any atom is 0.126 e. The molecule has 1 aromatic carbocycles. The predicted molar refractivity (Wildman–Crippen MR) is 76.0 cm³/mol. The largest absolute Gasteiger partial charge is 0.489 e. The first-order valence-electron chi connectivity index (χ1n) is 7.11. The molecule has 2 rings (SSSR count). The van der Waals surface area contributed by atoms with Gasteiger partial charge in [-0.25, -0.2) is 4.39 Å². The van der Waals surface area contributed by atoms with Gasteiger partial charge < -0.3 is 10.1 Å². The number of nitrogens with one attached hydrogen (secondary N) is 1. The van der Waals surface area contributed by atoms with E-state index in [-0.39, 0.29) is 17.3 Å². The fraction of sp³-hybridized carbons (Fsp3) is 0.625. The highest BCUT2D eigenvalue weighted by Crippen LogP contribution is 2.43. The van der Waals surface area contributed by atoms with E-state index in [0.717, 1.165) is 24.9 Å². The Hall–Kier alpha value is -1.09. The topological polar surface area (TPSA) is 21.3 Å². The zero-order valence-corrected chi connectivity index (χ0v) is 12.3. The van der Waals surface area contributed by atoms with Crippen molar-refractivity contribution in [2.24, 2.45) is 5.41 Å². The van der Waals surface area contributed by atoms with Crippen LogP contribution in [0.15, 0.2) is 18.2 Å². The normalized spacial score (nSPS) is 24.9. The lowest BCUT2D eigenvalue weighted by molar-refractivity contribution is -0.0550. The Labute approximate surface area is 115 Å². The standard InChI is InChI=1S/C16H24FNO/c1-5-8-18-14-10-15(16(14,3)4)19-13-9-12(17)7-6-11(13)2/h6-7,9,14-15,18H,5,8,10H2,1-4H3. The number of aryl methyl sites for hydroxylation is 1. The van der Waals surface area contributed by atoms with Crippen molar-refractivity contribution in [3.8, 4) is 5.75 Å². The minimum Gasteiger partial charge on any atom is -0.489 e. The molecule has 0 aliphatic heterocycles. The zero-order chi connectivity index (χ0) is 14.0. The molecule has 0 aromatic heterocycles. The van der Waals surface area contributed by atoms with Gasteiger partial charge in [-0.1, -0.05) is 26.8 Å². The lowest BCUT2D eigenvalue weighted by Gasteiger charge is -2.51. The SMILES string of the molecule is CCCNC1CC(Oc2cc(F)ccc2C)C1(C)C. The van der Waals surface area contributed by atoms with E-state index in [1.165, 1.54) is 12.1 Å². The molecular weight excluding hydrogens is 241 g/mol. The highest BCUT2D eigenvalue weighted by atomic mass is 19.1. The van der Waals surface area contributed by atoms with E-state index in [1.807, 2.05) is 6.92 Å². The van der Waals surface area contributed by atoms with Crippen molar-refractivity contribution in [1.82, 2.24) is 5.32 Å². The Morgan fingerprint density at radius 3 is 2.79 bits per heavy atom. The Morgan fingerprint density at radius 2 is 2.16 bits per heavy atom. The molecule has 106 valence electrons. The minimum atomic E-state index is -0.238. The summed E-state index contributed by atoms with van der Waals surface area (Å²) in [4.78, 5) is 0. The molecule has 0 radical (unpaired) electrons. The molecular formula is C16H24FNO. The van der Waals surface area contributed by atoms with Crippen LogP contribution in [0.1, 0.15) is 39.2 Å². The summed E-state index contributed by atoms with van der Waals surface area (Å²) in [6, 6.07) is 5.22. The minimum absolute atomic E-state index is 0.0912. The van der Waals surface area contributed by atoms with Gasteiger partial charge in [0.05, 0.1) is 0 Å². The summed E-state index contributed by atoms with van der Waals surface area (Å²) >= 11 is 0. The van der Waals surface area contributed by atoms with Crippen LogP contribution in [-0.4, -0.2) is 18.7 Å². The van der Waals surface area contributed by atoms with Crippen LogP contribution >= 0.6 is 0 Å². The Morgan fingerprint density at radius 1 is 1.42 bits per heavy atom. The third kappa shape index (κ3) is 2.92. The molecule has 2 nitrogen and oxygen atoms in total. The molecule has 1 N–H and O–H groups in total. The first-order chi connectivity index (χ1) is 8.95. The second-order valence-electron chi connectivity index (χ2n) is 6.08. The number of hydrogen-bond acceptors (Lipinski definition) is 2. The summed E-state index contributed by atoms with van der Waals surface area (Å²) in [5, 5.41) is 3.55. The number of hydrogen-bond donors (Lipinski definition) is 1. The Bertz CT molecular complexity index is 444. The van der Waals surface area contributed by atoms with Gasteiger partial charge in [0.15, 0.2) is 0 Å². The molecule has 2 atom stereocenters. The molecule has 1 aliphatic carbocycles. The average molecular weight is 265 g/mol. The van der Waals surface area contributed by atoms with Crippen LogP contribution < -0.4 is 10.1 Å². The Balaban J connectivity index is 2.00. The summed E-state index contributed by atoms with van der Waals surface area (Å²) in [7, 11) is 0. The van der Waals surface area contributed by atoms with Crippen molar-refractivity contribution in [1.29, 1.82) is 0 Å². The molecule has 0 spiro atoms. The maximum atomic E-state index is 13.3. The Kier molecular flexibility index (Phi) is 4.14. The van der Waals surface area contributed by atoms with Gasteiger partial charge in [0, 0.05) is 23.9 Å². The van der Waals surface area contributed by atoms with Gasteiger partial charge in [-0.15, -0.1) is 0 Å². The van der Waals surface area contributed by atoms with Gasteiger partial charge in [0.1, 0.15) is 17.7 Å². The monoisotopic (exact) mass is 265 g/mol. The molecule has 1 aliphatic rings. The van der Waals surface area contributed by atoms with Crippen molar-refractivity contribution in [2.45, 2.75) is 52.7 Å². The molecule has 1 saturated carbocycles. The van der Waals surface area contributed by atoms with Crippen molar-refractivity contribution < 1.29 is 9.13 Å². The second kappa shape index (κ2) is 5.49. The predicted octanol–water partition coefficient (Wildman–Crippen LogP) is 3.68. The fourth-order valence-corrected chi connectivity index (χ4v) is 2.60. The molecule has 1 aromatic rings. The van der Waals surface area contributed by atoms with E-state index in [4.69, 9.17) is 4.74 Å². The quantitative estimate of drug-likeness (QED) is 0.877. The summed E-state index contributed by atoms with van der Waals surface area (Å²) in [6.07, 6.45) is 2.28. The first kappa shape index (κ1) is 14.3. The summed E-state index contributed by atoms with van der Waals surface area (Å²) in [5.41, 5.74) is 1.08. The van der Waals surface area contributed by atoms with Gasteiger partial charge in [-0.3, -0.25) is 0 Å². The molecule has 1 fully saturated rings. The van der Waals surface area contributed by atoms with Crippen molar-refractivity contribution in [3.63, 3.8) is 0 Å². The maximum absolute atomic E-state index is 13.3. The average Bonchev–Trinajstić information content (AvgIpc) is 2.36. The highest BCUT2D eigenvalue weighted by Gasteiger charge is 2.49. The fourth-order valence-electron chi connectivity index (χ4n) is 2.60. The number of rotatable bonds is 5. The van der Waals surface area contributed by atoms with Gasteiger partial charge in [-0.05, 0) is 31.5 Å². The van der Waals surface area contributed by atoms with Crippen molar-refractivity contribution in [3.05, 3.63) is 29.6 Å². The lowest BCUT2D eigenvalue weighted by atomic mass is 9.64. The third-order valence-corrected chi connectivity index (χ3v) is 4.24. The molecule has 0 bridgehead atoms. The zero-order valence-electron chi connectivity index (χ0n) is 12.3. The first-order valence-corrected chi connectivity index (χ1v) is 7.11. The van der Waals surface area contributed by atoms with E-state index in [9.17, 15) is 4.39 Å². The van der Waals surface area contributed by atoms with Gasteiger partial charge in [0.25, 0.3) is 0 Å². The van der Waals surface area contributed by atoms with Gasteiger partial charge in [0.2, 0.25) is 0 Å². The van der Waals surface area contributed by atoms with E-state index in [1.54, 1.807) is 6.07 Å². The third-order valence-electron chi connectivity index (χ3n) is 4.24. The summed E-state index contributed by atoms with van der Waals surface area (Å²) < 4.78 is 19.3. The van der Waals surface area contributed by atoms with E-state index in [2.05, 4.69) is 26.1 Å². The van der Waals surface area contributed by atoms with E-state index >= 15 is 0 Å². The number of halogens is 1. The molecule has 0 heterocycles. The van der Waals surface area contributed by atoms with E-state index in [0.29, 0.717) is 11.8 Å². The van der Waals surface area contributed by atoms with Crippen LogP contribution in [0.4, 0.5) is 4.39 Å². The second-order valence-corrected chi connectivity index (χ2v) is 6.08. The van der Waals surface area contributed by atoms with Crippen LogP contribution in [0.5, 0.6) is 5.75 Å². The molecule has 3 heteroatoms. The van der Waals surface area contributed by atoms with E-state index < -0.39 is 0 Å². The summed E-state index contributed by atoms with van der Waals surface area (Å²) in [6.45, 7) is 9.59. The highest BCUT2D eigenvalue weighted by molar-refractivity contribution is 5.33. The van der Waals surface area contributed by atoms with Crippen LogP contribution in [0.3, 0.4) is 0 Å². The van der Waals surface area contributed by atoms with Crippen molar-refractivity contribution in [2.75, 3.05) is 6.54 Å². The van der Waals surface area contributed by atoms with Crippen molar-refractivity contribution >= 4 is 0 Å². The van der Waals surface area contributed by atoms with Gasteiger partial charge >= 0.3 is 0 Å². The molecule has 0 amide bonds. The van der Waals surface area contributed by atoms with Gasteiger partial charge in [-0.2, -0.15) is 0 Å². The smallest absolute Gasteiger partial charge is 0.126 e. The molecule has 0 saturated heterocycles. The lowest BCUT2D eigenvalue weighted by Crippen LogP contribution is -2.62. The van der Waals surface area contributed by atoms with Crippen LogP contribution in [0, 0.1) is 18.2 Å². The van der Waals surface area contributed by atoms with Crippen LogP contribution in [-0.2, 0) is 0 Å². The van der Waals surface area contributed by atoms with Crippen LogP contribution in [0.2, 0.25) is 0 Å². The summed E-state index contributed by atoms with van der Waals surface area (Å²) in [5.74, 6) is 0.436. The van der Waals surface area contributed by atoms with Crippen LogP contribution in [0.25, 0.3) is 0 Å². The number of ether oxygens (including phenoxy) is 1. The number of benzene rings is 1. The molecule has 19 heavy (non-hydrogen) atoms.